The van der Waals surface area contributed by atoms with Gasteiger partial charge in [-0.1, -0.05) is 50.3 Å². The Bertz CT molecular complexity index is 899. The van der Waals surface area contributed by atoms with Crippen LogP contribution in [0.3, 0.4) is 0 Å². The van der Waals surface area contributed by atoms with E-state index in [2.05, 4.69) is 77.0 Å². The molecule has 2 heterocycles. The highest BCUT2D eigenvalue weighted by Gasteiger charge is 2.19. The molecule has 0 radical (unpaired) electrons. The minimum Gasteiger partial charge on any atom is -0.306 e. The summed E-state index contributed by atoms with van der Waals surface area (Å²) >= 11 is 0. The Morgan fingerprint density at radius 2 is 1.68 bits per heavy atom. The second kappa shape index (κ2) is 4.67. The summed E-state index contributed by atoms with van der Waals surface area (Å²) in [7, 11) is 0. The second-order valence-electron chi connectivity index (χ2n) is 6.24. The number of aromatic nitrogens is 3. The Kier molecular flexibility index (Phi) is 2.76. The van der Waals surface area contributed by atoms with Gasteiger partial charge in [0.15, 0.2) is 0 Å². The largest absolute Gasteiger partial charge is 0.306 e. The van der Waals surface area contributed by atoms with Gasteiger partial charge in [-0.3, -0.25) is 0 Å². The lowest BCUT2D eigenvalue weighted by Crippen LogP contribution is -2.01. The van der Waals surface area contributed by atoms with E-state index in [1.54, 1.807) is 6.33 Å². The highest BCUT2D eigenvalue weighted by atomic mass is 15.0. The lowest BCUT2D eigenvalue weighted by Gasteiger charge is -2.13. The van der Waals surface area contributed by atoms with Crippen LogP contribution in [0.1, 0.15) is 25.1 Å². The summed E-state index contributed by atoms with van der Waals surface area (Å²) in [6, 6.07) is 8.47. The van der Waals surface area contributed by atoms with Crippen LogP contribution < -0.4 is 0 Å². The van der Waals surface area contributed by atoms with Gasteiger partial charge in [-0.15, -0.1) is 0 Å². The van der Waals surface area contributed by atoms with Gasteiger partial charge in [0.2, 0.25) is 0 Å². The number of hydrogen-bond acceptors (Lipinski definition) is 2. The van der Waals surface area contributed by atoms with Crippen molar-refractivity contribution in [3.8, 4) is 5.69 Å². The quantitative estimate of drug-likeness (QED) is 0.660. The maximum absolute atomic E-state index is 4.17. The first-order chi connectivity index (χ1) is 10.7. The van der Waals surface area contributed by atoms with Crippen molar-refractivity contribution in [1.82, 2.24) is 14.5 Å². The highest BCUT2D eigenvalue weighted by molar-refractivity contribution is 5.96. The molecule has 1 aliphatic carbocycles. The smallest absolute Gasteiger partial charge is 0.115 e. The molecule has 4 rings (SSSR count). The zero-order valence-corrected chi connectivity index (χ0v) is 12.7. The molecular formula is C19H17N3. The molecule has 0 saturated carbocycles. The molecule has 0 aliphatic heterocycles. The summed E-state index contributed by atoms with van der Waals surface area (Å²) in [5, 5.41) is 1.25. The number of fused-ring (bicyclic) bond motifs is 3. The second-order valence-corrected chi connectivity index (χ2v) is 6.24. The Balaban J connectivity index is 2.10. The number of rotatable bonds is 1. The van der Waals surface area contributed by atoms with Crippen molar-refractivity contribution in [2.45, 2.75) is 13.8 Å². The predicted molar refractivity (Wildman–Crippen MR) is 90.7 cm³/mol. The third-order valence-corrected chi connectivity index (χ3v) is 4.11. The van der Waals surface area contributed by atoms with E-state index in [1.165, 1.54) is 22.2 Å². The van der Waals surface area contributed by atoms with Crippen LogP contribution in [0.5, 0.6) is 0 Å². The van der Waals surface area contributed by atoms with Crippen LogP contribution in [0.25, 0.3) is 28.7 Å². The van der Waals surface area contributed by atoms with E-state index in [9.17, 15) is 0 Å². The first kappa shape index (κ1) is 13.0. The van der Waals surface area contributed by atoms with Gasteiger partial charge in [0.05, 0.1) is 29.3 Å². The molecule has 0 N–H and O–H groups in total. The Morgan fingerprint density at radius 1 is 0.955 bits per heavy atom. The van der Waals surface area contributed by atoms with Crippen LogP contribution in [-0.2, 0) is 0 Å². The van der Waals surface area contributed by atoms with E-state index < -0.39 is 0 Å². The van der Waals surface area contributed by atoms with Gasteiger partial charge in [0, 0.05) is 16.4 Å². The van der Waals surface area contributed by atoms with Crippen LogP contribution in [0.4, 0.5) is 0 Å². The molecule has 0 fully saturated rings. The summed E-state index contributed by atoms with van der Waals surface area (Å²) in [5.74, 6) is 0. The lowest BCUT2D eigenvalue weighted by atomic mass is 9.93. The Hall–Kier alpha value is -2.68. The summed E-state index contributed by atoms with van der Waals surface area (Å²) in [5.41, 5.74) is 4.64. The van der Waals surface area contributed by atoms with E-state index in [-0.39, 0.29) is 5.41 Å². The van der Waals surface area contributed by atoms with Crippen molar-refractivity contribution >= 4 is 23.1 Å². The molecule has 3 heteroatoms. The maximum Gasteiger partial charge on any atom is 0.115 e. The minimum atomic E-state index is 0.0537. The van der Waals surface area contributed by atoms with Gasteiger partial charge in [0.25, 0.3) is 0 Å². The lowest BCUT2D eigenvalue weighted by molar-refractivity contribution is 0.633. The maximum atomic E-state index is 4.17. The summed E-state index contributed by atoms with van der Waals surface area (Å²) < 4.78 is 2.23. The molecule has 3 nitrogen and oxygen atoms in total. The zero-order valence-electron chi connectivity index (χ0n) is 12.7. The van der Waals surface area contributed by atoms with Gasteiger partial charge in [-0.05, 0) is 12.1 Å². The SMILES string of the molecule is CC1(C)C=Cc2c(n(-c3cncnc3)c3ccccc23)C=C1. The molecule has 0 atom stereocenters. The number of allylic oxidation sites excluding steroid dienone is 2. The minimum absolute atomic E-state index is 0.0537. The molecule has 3 aromatic rings. The Morgan fingerprint density at radius 3 is 2.50 bits per heavy atom. The number of hydrogen-bond donors (Lipinski definition) is 0. The zero-order chi connectivity index (χ0) is 15.2. The fourth-order valence-electron chi connectivity index (χ4n) is 2.96. The molecule has 0 amide bonds. The van der Waals surface area contributed by atoms with Crippen LogP contribution in [0.2, 0.25) is 0 Å². The average Bonchev–Trinajstić information content (AvgIpc) is 2.76. The molecule has 0 spiro atoms. The average molecular weight is 287 g/mol. The first-order valence-corrected chi connectivity index (χ1v) is 7.43. The molecule has 22 heavy (non-hydrogen) atoms. The third-order valence-electron chi connectivity index (χ3n) is 4.11. The number of para-hydroxylation sites is 1. The van der Waals surface area contributed by atoms with Crippen molar-refractivity contribution in [3.63, 3.8) is 0 Å². The van der Waals surface area contributed by atoms with Gasteiger partial charge < -0.3 is 4.57 Å². The highest BCUT2D eigenvalue weighted by Crippen LogP contribution is 2.35. The summed E-state index contributed by atoms with van der Waals surface area (Å²) in [6.45, 7) is 4.42. The third kappa shape index (κ3) is 1.98. The summed E-state index contributed by atoms with van der Waals surface area (Å²) in [4.78, 5) is 8.35. The Labute approximate surface area is 129 Å². The van der Waals surface area contributed by atoms with Gasteiger partial charge in [0.1, 0.15) is 6.33 Å². The monoisotopic (exact) mass is 287 g/mol. The molecular weight excluding hydrogens is 270 g/mol. The molecule has 1 aromatic carbocycles. The predicted octanol–water partition coefficient (Wildman–Crippen LogP) is 4.49. The summed E-state index contributed by atoms with van der Waals surface area (Å²) in [6.07, 6.45) is 14.2. The van der Waals surface area contributed by atoms with E-state index in [0.717, 1.165) is 5.69 Å². The van der Waals surface area contributed by atoms with Gasteiger partial charge in [-0.25, -0.2) is 9.97 Å². The standard InChI is InChI=1S/C19H17N3/c1-19(2)9-7-16-15-5-3-4-6-17(15)22(18(16)8-10-19)14-11-20-13-21-12-14/h3-13H,1-2H3. The molecule has 1 aliphatic rings. The molecule has 108 valence electrons. The topological polar surface area (TPSA) is 30.7 Å². The van der Waals surface area contributed by atoms with Crippen LogP contribution in [-0.4, -0.2) is 14.5 Å². The van der Waals surface area contributed by atoms with Crippen molar-refractivity contribution < 1.29 is 0 Å². The molecule has 2 aromatic heterocycles. The van der Waals surface area contributed by atoms with E-state index in [1.807, 2.05) is 12.4 Å². The van der Waals surface area contributed by atoms with E-state index in [0.29, 0.717) is 0 Å². The molecule has 0 unspecified atom stereocenters. The molecule has 0 saturated heterocycles. The fourth-order valence-corrected chi connectivity index (χ4v) is 2.96. The van der Waals surface area contributed by atoms with Crippen molar-refractivity contribution in [2.24, 2.45) is 5.41 Å². The number of benzene rings is 1. The fraction of sp³-hybridized carbons (Fsp3) is 0.158. The van der Waals surface area contributed by atoms with Crippen LogP contribution in [0.15, 0.2) is 55.1 Å². The van der Waals surface area contributed by atoms with Crippen molar-refractivity contribution in [1.29, 1.82) is 0 Å². The first-order valence-electron chi connectivity index (χ1n) is 7.43. The van der Waals surface area contributed by atoms with Gasteiger partial charge >= 0.3 is 0 Å². The molecule has 0 bridgehead atoms. The number of nitrogens with zero attached hydrogens (tertiary/aromatic N) is 3. The van der Waals surface area contributed by atoms with Gasteiger partial charge in [-0.2, -0.15) is 0 Å². The van der Waals surface area contributed by atoms with Crippen molar-refractivity contribution in [3.05, 3.63) is 66.4 Å². The normalized spacial score (nSPS) is 15.7. The van der Waals surface area contributed by atoms with Crippen LogP contribution in [0, 0.1) is 5.41 Å². The van der Waals surface area contributed by atoms with E-state index >= 15 is 0 Å². The van der Waals surface area contributed by atoms with Crippen molar-refractivity contribution in [2.75, 3.05) is 0 Å². The van der Waals surface area contributed by atoms with Crippen LogP contribution >= 0.6 is 0 Å². The van der Waals surface area contributed by atoms with E-state index in [4.69, 9.17) is 0 Å².